The molecule has 6 nitrogen and oxygen atoms in total. The second-order valence-electron chi connectivity index (χ2n) is 5.97. The molecule has 2 aromatic rings. The lowest BCUT2D eigenvalue weighted by atomic mass is 10.2. The van der Waals surface area contributed by atoms with Crippen LogP contribution < -0.4 is 15.4 Å². The van der Waals surface area contributed by atoms with Gasteiger partial charge in [0.25, 0.3) is 0 Å². The fraction of sp³-hybridized carbons (Fsp3) is 0.294. The van der Waals surface area contributed by atoms with Crippen LogP contribution in [0.25, 0.3) is 0 Å². The number of hydrogen-bond donors (Lipinski definition) is 3. The minimum atomic E-state index is -4.53. The maximum Gasteiger partial charge on any atom is 0.417 e. The minimum absolute atomic E-state index is 0.174. The molecule has 0 saturated carbocycles. The summed E-state index contributed by atoms with van der Waals surface area (Å²) < 4.78 is 56.8. The highest BCUT2D eigenvalue weighted by Gasteiger charge is 2.31. The van der Waals surface area contributed by atoms with Crippen LogP contribution in [0, 0.1) is 5.82 Å². The molecular weight excluding hydrogens is 370 g/mol. The van der Waals surface area contributed by atoms with Crippen LogP contribution in [0.4, 0.5) is 23.2 Å². The van der Waals surface area contributed by atoms with Crippen LogP contribution in [0.3, 0.4) is 0 Å². The molecule has 1 aromatic carbocycles. The van der Waals surface area contributed by atoms with E-state index in [1.54, 1.807) is 0 Å². The molecule has 0 spiro atoms. The summed E-state index contributed by atoms with van der Waals surface area (Å²) >= 11 is 0. The van der Waals surface area contributed by atoms with E-state index in [9.17, 15) is 27.5 Å². The van der Waals surface area contributed by atoms with Gasteiger partial charge in [0.1, 0.15) is 0 Å². The van der Waals surface area contributed by atoms with Crippen molar-refractivity contribution in [2.24, 2.45) is 0 Å². The number of nitrogens with one attached hydrogen (secondary N) is 2. The summed E-state index contributed by atoms with van der Waals surface area (Å²) in [6.07, 6.45) is -4.29. The fourth-order valence-electron chi connectivity index (χ4n) is 2.53. The summed E-state index contributed by atoms with van der Waals surface area (Å²) in [4.78, 5) is 15.5. The Morgan fingerprint density at radius 1 is 1.30 bits per heavy atom. The van der Waals surface area contributed by atoms with Crippen molar-refractivity contribution in [3.8, 4) is 11.6 Å². The maximum atomic E-state index is 14.2. The van der Waals surface area contributed by atoms with Crippen LogP contribution in [0.2, 0.25) is 0 Å². The summed E-state index contributed by atoms with van der Waals surface area (Å²) in [5.74, 6) is -1.70. The van der Waals surface area contributed by atoms with E-state index in [0.29, 0.717) is 12.7 Å². The molecule has 0 radical (unpaired) electrons. The molecule has 3 rings (SSSR count). The molecule has 1 fully saturated rings. The molecule has 1 amide bonds. The van der Waals surface area contributed by atoms with E-state index < -0.39 is 35.6 Å². The molecule has 27 heavy (non-hydrogen) atoms. The van der Waals surface area contributed by atoms with Crippen molar-refractivity contribution in [1.29, 1.82) is 0 Å². The first-order valence-corrected chi connectivity index (χ1v) is 7.95. The molecule has 0 aliphatic carbocycles. The number of alkyl halides is 3. The van der Waals surface area contributed by atoms with E-state index >= 15 is 0 Å². The number of halogens is 4. The molecule has 1 aliphatic heterocycles. The summed E-state index contributed by atoms with van der Waals surface area (Å²) in [5.41, 5.74) is -0.771. The van der Waals surface area contributed by atoms with Crippen molar-refractivity contribution in [3.05, 3.63) is 47.9 Å². The number of aliphatic hydroxyl groups is 1. The second-order valence-corrected chi connectivity index (χ2v) is 5.97. The summed E-state index contributed by atoms with van der Waals surface area (Å²) in [7, 11) is 0. The summed E-state index contributed by atoms with van der Waals surface area (Å²) in [6.45, 7) is 0.305. The smallest absolute Gasteiger partial charge is 0.417 e. The van der Waals surface area contributed by atoms with Crippen LogP contribution in [0.15, 0.2) is 36.5 Å². The predicted octanol–water partition coefficient (Wildman–Crippen LogP) is 2.69. The van der Waals surface area contributed by atoms with Crippen LogP contribution in [0.1, 0.15) is 12.0 Å². The Hall–Kier alpha value is -2.72. The lowest BCUT2D eigenvalue weighted by molar-refractivity contribution is -0.137. The SMILES string of the molecule is O=C(Nc1ccc(Oc2ccc(C(F)(F)F)cn2)c(F)c1)[C@H]1C[C@@H](O)CN1. The number of amides is 1. The third kappa shape index (κ3) is 4.72. The molecule has 2 atom stereocenters. The Bertz CT molecular complexity index is 827. The van der Waals surface area contributed by atoms with Crippen molar-refractivity contribution < 1.29 is 32.2 Å². The van der Waals surface area contributed by atoms with Gasteiger partial charge in [-0.25, -0.2) is 9.37 Å². The van der Waals surface area contributed by atoms with Crippen molar-refractivity contribution in [1.82, 2.24) is 10.3 Å². The molecule has 1 aliphatic rings. The van der Waals surface area contributed by atoms with Gasteiger partial charge in [0.15, 0.2) is 11.6 Å². The molecule has 1 aromatic heterocycles. The van der Waals surface area contributed by atoms with Crippen LogP contribution in [-0.2, 0) is 11.0 Å². The van der Waals surface area contributed by atoms with Gasteiger partial charge in [-0.3, -0.25) is 4.79 Å². The molecule has 0 bridgehead atoms. The molecule has 10 heteroatoms. The van der Waals surface area contributed by atoms with E-state index in [1.165, 1.54) is 12.1 Å². The molecule has 2 heterocycles. The third-order valence-corrected chi connectivity index (χ3v) is 3.90. The Morgan fingerprint density at radius 3 is 2.63 bits per heavy atom. The van der Waals surface area contributed by atoms with Crippen LogP contribution in [0.5, 0.6) is 11.6 Å². The van der Waals surface area contributed by atoms with Crippen LogP contribution >= 0.6 is 0 Å². The van der Waals surface area contributed by atoms with Crippen molar-refractivity contribution >= 4 is 11.6 Å². The number of carbonyl (C=O) groups is 1. The minimum Gasteiger partial charge on any atom is -0.436 e. The quantitative estimate of drug-likeness (QED) is 0.705. The van der Waals surface area contributed by atoms with Gasteiger partial charge in [-0.1, -0.05) is 0 Å². The zero-order valence-electron chi connectivity index (χ0n) is 13.8. The zero-order valence-corrected chi connectivity index (χ0v) is 13.8. The molecular formula is C17H15F4N3O3. The van der Waals surface area contributed by atoms with Crippen molar-refractivity contribution in [2.75, 3.05) is 11.9 Å². The highest BCUT2D eigenvalue weighted by Crippen LogP contribution is 2.31. The first-order chi connectivity index (χ1) is 12.7. The van der Waals surface area contributed by atoms with Crippen molar-refractivity contribution in [3.63, 3.8) is 0 Å². The largest absolute Gasteiger partial charge is 0.436 e. The van der Waals surface area contributed by atoms with E-state index in [2.05, 4.69) is 15.6 Å². The second kappa shape index (κ2) is 7.49. The van der Waals surface area contributed by atoms with Gasteiger partial charge in [0.2, 0.25) is 11.8 Å². The number of aliphatic hydroxyl groups excluding tert-OH is 1. The first-order valence-electron chi connectivity index (χ1n) is 7.95. The monoisotopic (exact) mass is 385 g/mol. The molecule has 1 saturated heterocycles. The van der Waals surface area contributed by atoms with E-state index in [-0.39, 0.29) is 23.7 Å². The average Bonchev–Trinajstić information content (AvgIpc) is 3.04. The number of pyridine rings is 1. The number of carbonyl (C=O) groups excluding carboxylic acids is 1. The highest BCUT2D eigenvalue weighted by molar-refractivity contribution is 5.95. The Labute approximate surface area is 151 Å². The Morgan fingerprint density at radius 2 is 2.07 bits per heavy atom. The van der Waals surface area contributed by atoms with E-state index in [1.807, 2.05) is 0 Å². The average molecular weight is 385 g/mol. The molecule has 0 unspecified atom stereocenters. The van der Waals surface area contributed by atoms with Gasteiger partial charge in [-0.05, 0) is 24.6 Å². The van der Waals surface area contributed by atoms with Gasteiger partial charge in [0, 0.05) is 30.6 Å². The first kappa shape index (κ1) is 19.1. The number of aromatic nitrogens is 1. The van der Waals surface area contributed by atoms with Gasteiger partial charge in [-0.2, -0.15) is 13.2 Å². The third-order valence-electron chi connectivity index (χ3n) is 3.90. The van der Waals surface area contributed by atoms with E-state index in [4.69, 9.17) is 4.74 Å². The lowest BCUT2D eigenvalue weighted by Crippen LogP contribution is -2.35. The van der Waals surface area contributed by atoms with Gasteiger partial charge in [0.05, 0.1) is 17.7 Å². The van der Waals surface area contributed by atoms with Gasteiger partial charge >= 0.3 is 6.18 Å². The lowest BCUT2D eigenvalue weighted by Gasteiger charge is -2.12. The number of nitrogens with zero attached hydrogens (tertiary/aromatic N) is 1. The van der Waals surface area contributed by atoms with E-state index in [0.717, 1.165) is 18.2 Å². The zero-order chi connectivity index (χ0) is 19.6. The molecule has 144 valence electrons. The number of hydrogen-bond acceptors (Lipinski definition) is 5. The number of β-amino-alcohol motifs (C(OH)–C–C–N with tert-alkyl or cyclic N) is 1. The maximum absolute atomic E-state index is 14.2. The number of rotatable bonds is 4. The topological polar surface area (TPSA) is 83.5 Å². The molecule has 3 N–H and O–H groups in total. The number of anilines is 1. The number of benzene rings is 1. The Balaban J connectivity index is 1.65. The summed E-state index contributed by atoms with van der Waals surface area (Å²) in [5, 5.41) is 14.8. The Kier molecular flexibility index (Phi) is 5.29. The standard InChI is InChI=1S/C17H15F4N3O3/c18-12-5-10(24-16(26)13-6-11(25)8-22-13)2-3-14(12)27-15-4-1-9(7-23-15)17(19,20)21/h1-5,7,11,13,22,25H,6,8H2,(H,24,26)/t11-,13-/m1/s1. The predicted molar refractivity (Wildman–Crippen MR) is 86.8 cm³/mol. The normalized spacial score (nSPS) is 19.7. The van der Waals surface area contributed by atoms with Crippen molar-refractivity contribution in [2.45, 2.75) is 24.7 Å². The fourth-order valence-corrected chi connectivity index (χ4v) is 2.53. The van der Waals surface area contributed by atoms with Crippen LogP contribution in [-0.4, -0.2) is 34.7 Å². The van der Waals surface area contributed by atoms with Gasteiger partial charge in [-0.15, -0.1) is 0 Å². The van der Waals surface area contributed by atoms with Gasteiger partial charge < -0.3 is 20.5 Å². The highest BCUT2D eigenvalue weighted by atomic mass is 19.4. The number of ether oxygens (including phenoxy) is 1. The summed E-state index contributed by atoms with van der Waals surface area (Å²) in [6, 6.07) is 4.80.